The van der Waals surface area contributed by atoms with Crippen molar-refractivity contribution in [1.29, 1.82) is 0 Å². The lowest BCUT2D eigenvalue weighted by Crippen LogP contribution is -2.60. The van der Waals surface area contributed by atoms with Crippen molar-refractivity contribution in [2.75, 3.05) is 13.2 Å². The van der Waals surface area contributed by atoms with Gasteiger partial charge in [0.2, 0.25) is 5.91 Å². The highest BCUT2D eigenvalue weighted by molar-refractivity contribution is 5.80. The molecular weight excluding hydrogens is 1070 g/mol. The number of carbonyl (C=O) groups is 1. The number of allylic oxidation sites excluding steroid dienone is 4. The first kappa shape index (κ1) is 82.6. The lowest BCUT2D eigenvalue weighted by atomic mass is 9.98. The Labute approximate surface area is 531 Å². The Morgan fingerprint density at radius 2 is 0.686 bits per heavy atom. The van der Waals surface area contributed by atoms with Crippen LogP contribution >= 0.6 is 0 Å². The highest BCUT2D eigenvalue weighted by Gasteiger charge is 2.44. The average Bonchev–Trinajstić information content (AvgIpc) is 3.00. The van der Waals surface area contributed by atoms with E-state index in [2.05, 4.69) is 43.5 Å². The first-order valence-corrected chi connectivity index (χ1v) is 37.7. The molecule has 8 N–H and O–H groups in total. The molecule has 510 valence electrons. The van der Waals surface area contributed by atoms with Crippen molar-refractivity contribution in [2.24, 2.45) is 0 Å². The molecule has 1 heterocycles. The summed E-state index contributed by atoms with van der Waals surface area (Å²) in [6, 6.07) is -1.19. The van der Waals surface area contributed by atoms with E-state index in [0.29, 0.717) is 12.8 Å². The molecule has 1 rings (SSSR count). The number of unbranched alkanes of at least 4 members (excludes halogenated alkanes) is 51. The number of ether oxygens (including phenoxy) is 2. The molecule has 0 saturated carbocycles. The van der Waals surface area contributed by atoms with E-state index in [1.54, 1.807) is 0 Å². The monoisotopic (exact) mass is 1220 g/mol. The maximum Gasteiger partial charge on any atom is 0.249 e. The summed E-state index contributed by atoms with van der Waals surface area (Å²) in [5.74, 6) is -0.699. The minimum absolute atomic E-state index is 0.257. The standard InChI is InChI=1S/C75H145NO10/c1-3-5-7-9-11-13-15-17-19-21-23-25-27-29-31-33-35-37-39-41-43-45-47-49-51-53-55-57-59-61-63-68(79)74(84)76-66(65-85-75-73(83)72(82)71(81)69(64-77)86-75)70(80)67(78)62-60-58-56-54-52-50-48-46-44-42-40-38-36-34-32-30-28-26-24-22-20-18-16-14-12-10-8-6-4-2/h29,31,54,56,66-73,75,77-83H,3-28,30,32-53,55,57-65H2,1-2H3,(H,76,84)/b31-29-,56-54+. The van der Waals surface area contributed by atoms with Crippen LogP contribution in [0.25, 0.3) is 0 Å². The molecule has 0 radical (unpaired) electrons. The topological polar surface area (TPSA) is 189 Å². The minimum Gasteiger partial charge on any atom is -0.394 e. The molecule has 1 aliphatic rings. The minimum atomic E-state index is -1.67. The van der Waals surface area contributed by atoms with Crippen LogP contribution in [0.3, 0.4) is 0 Å². The maximum absolute atomic E-state index is 13.3. The van der Waals surface area contributed by atoms with Gasteiger partial charge in [-0.3, -0.25) is 4.79 Å². The third kappa shape index (κ3) is 50.3. The average molecular weight is 1220 g/mol. The van der Waals surface area contributed by atoms with E-state index in [1.165, 1.54) is 302 Å². The number of amides is 1. The molecular formula is C75H145NO10. The van der Waals surface area contributed by atoms with Crippen molar-refractivity contribution in [3.05, 3.63) is 24.3 Å². The van der Waals surface area contributed by atoms with Crippen LogP contribution in [0.15, 0.2) is 24.3 Å². The Hall–Kier alpha value is -1.41. The summed E-state index contributed by atoms with van der Waals surface area (Å²) in [6.07, 6.45) is 70.0. The van der Waals surface area contributed by atoms with Gasteiger partial charge >= 0.3 is 0 Å². The zero-order valence-corrected chi connectivity index (χ0v) is 56.6. The molecule has 1 saturated heterocycles. The SMILES string of the molecule is CCCCCCCCCCCCCC/C=C\CCCCCCCCCCCCCCCCC(O)C(=O)NC(COC1OC(CO)C(O)C(O)C1O)C(O)C(O)CCC/C=C/CCCCCCCCCCCCCCCCCCCCCCCCCC. The Morgan fingerprint density at radius 1 is 0.395 bits per heavy atom. The van der Waals surface area contributed by atoms with Crippen molar-refractivity contribution in [3.8, 4) is 0 Å². The van der Waals surface area contributed by atoms with Crippen LogP contribution in [-0.2, 0) is 14.3 Å². The molecule has 11 heteroatoms. The van der Waals surface area contributed by atoms with Crippen LogP contribution in [0.2, 0.25) is 0 Å². The van der Waals surface area contributed by atoms with Crippen molar-refractivity contribution in [3.63, 3.8) is 0 Å². The quantitative estimate of drug-likeness (QED) is 0.0215. The number of hydrogen-bond donors (Lipinski definition) is 8. The van der Waals surface area contributed by atoms with Gasteiger partial charge in [-0.25, -0.2) is 0 Å². The van der Waals surface area contributed by atoms with Gasteiger partial charge in [-0.05, 0) is 64.2 Å². The molecule has 0 bridgehead atoms. The zero-order valence-electron chi connectivity index (χ0n) is 56.6. The molecule has 9 unspecified atom stereocenters. The van der Waals surface area contributed by atoms with Crippen molar-refractivity contribution >= 4 is 5.91 Å². The molecule has 0 aromatic carbocycles. The van der Waals surface area contributed by atoms with Crippen LogP contribution in [0.1, 0.15) is 380 Å². The van der Waals surface area contributed by atoms with Crippen LogP contribution in [0, 0.1) is 0 Å². The third-order valence-corrected chi connectivity index (χ3v) is 18.5. The third-order valence-electron chi connectivity index (χ3n) is 18.5. The number of carbonyl (C=O) groups excluding carboxylic acids is 1. The highest BCUT2D eigenvalue weighted by Crippen LogP contribution is 2.24. The molecule has 9 atom stereocenters. The normalized spacial score (nSPS) is 18.8. The summed E-state index contributed by atoms with van der Waals surface area (Å²) in [7, 11) is 0. The highest BCUT2D eigenvalue weighted by atomic mass is 16.7. The van der Waals surface area contributed by atoms with E-state index in [1.807, 2.05) is 0 Å². The van der Waals surface area contributed by atoms with E-state index in [4.69, 9.17) is 9.47 Å². The molecule has 0 aliphatic carbocycles. The summed E-state index contributed by atoms with van der Waals surface area (Å²) in [6.45, 7) is 3.51. The number of aliphatic hydroxyl groups is 7. The number of rotatable bonds is 67. The summed E-state index contributed by atoms with van der Waals surface area (Å²) < 4.78 is 11.2. The van der Waals surface area contributed by atoms with Crippen LogP contribution in [0.5, 0.6) is 0 Å². The van der Waals surface area contributed by atoms with Crippen molar-refractivity contribution < 1.29 is 50.0 Å². The Kier molecular flexibility index (Phi) is 61.2. The Morgan fingerprint density at radius 3 is 1.00 bits per heavy atom. The van der Waals surface area contributed by atoms with Gasteiger partial charge in [-0.1, -0.05) is 340 Å². The summed E-state index contributed by atoms with van der Waals surface area (Å²) in [5.41, 5.74) is 0. The van der Waals surface area contributed by atoms with E-state index >= 15 is 0 Å². The second kappa shape index (κ2) is 63.7. The lowest BCUT2D eigenvalue weighted by Gasteiger charge is -2.40. The summed E-state index contributed by atoms with van der Waals surface area (Å²) in [4.78, 5) is 13.3. The molecule has 0 aromatic rings. The van der Waals surface area contributed by atoms with E-state index in [0.717, 1.165) is 38.5 Å². The summed E-state index contributed by atoms with van der Waals surface area (Å²) in [5, 5.41) is 76.6. The fourth-order valence-electron chi connectivity index (χ4n) is 12.4. The van der Waals surface area contributed by atoms with E-state index in [-0.39, 0.29) is 12.8 Å². The largest absolute Gasteiger partial charge is 0.394 e. The van der Waals surface area contributed by atoms with Crippen LogP contribution in [-0.4, -0.2) is 110 Å². The first-order valence-electron chi connectivity index (χ1n) is 37.7. The molecule has 1 amide bonds. The van der Waals surface area contributed by atoms with Gasteiger partial charge in [0, 0.05) is 0 Å². The lowest BCUT2D eigenvalue weighted by molar-refractivity contribution is -0.303. The van der Waals surface area contributed by atoms with Crippen LogP contribution in [0.4, 0.5) is 0 Å². The molecule has 1 fully saturated rings. The summed E-state index contributed by atoms with van der Waals surface area (Å²) >= 11 is 0. The van der Waals surface area contributed by atoms with Crippen molar-refractivity contribution in [2.45, 2.75) is 435 Å². The van der Waals surface area contributed by atoms with Gasteiger partial charge in [-0.2, -0.15) is 0 Å². The maximum atomic E-state index is 13.3. The fourth-order valence-corrected chi connectivity index (χ4v) is 12.4. The fraction of sp³-hybridized carbons (Fsp3) is 0.933. The number of nitrogens with one attached hydrogen (secondary N) is 1. The Balaban J connectivity index is 2.18. The van der Waals surface area contributed by atoms with E-state index < -0.39 is 74.2 Å². The van der Waals surface area contributed by atoms with Gasteiger partial charge in [0.05, 0.1) is 25.4 Å². The molecule has 1 aliphatic heterocycles. The van der Waals surface area contributed by atoms with E-state index in [9.17, 15) is 40.5 Å². The predicted octanol–water partition coefficient (Wildman–Crippen LogP) is 18.8. The Bertz CT molecular complexity index is 1450. The molecule has 0 aromatic heterocycles. The second-order valence-corrected chi connectivity index (χ2v) is 26.7. The first-order chi connectivity index (χ1) is 42.2. The molecule has 86 heavy (non-hydrogen) atoms. The number of aliphatic hydroxyl groups excluding tert-OH is 7. The number of hydrogen-bond acceptors (Lipinski definition) is 10. The van der Waals surface area contributed by atoms with Gasteiger partial charge in [0.1, 0.15) is 36.6 Å². The van der Waals surface area contributed by atoms with Crippen molar-refractivity contribution in [1.82, 2.24) is 5.32 Å². The van der Waals surface area contributed by atoms with Gasteiger partial charge in [0.25, 0.3) is 0 Å². The van der Waals surface area contributed by atoms with Crippen LogP contribution < -0.4 is 5.32 Å². The molecule has 0 spiro atoms. The van der Waals surface area contributed by atoms with Gasteiger partial charge < -0.3 is 50.5 Å². The molecule has 11 nitrogen and oxygen atoms in total. The predicted molar refractivity (Wildman–Crippen MR) is 362 cm³/mol. The van der Waals surface area contributed by atoms with Gasteiger partial charge in [-0.15, -0.1) is 0 Å². The zero-order chi connectivity index (χ0) is 62.4. The van der Waals surface area contributed by atoms with Gasteiger partial charge in [0.15, 0.2) is 6.29 Å². The smallest absolute Gasteiger partial charge is 0.249 e. The second-order valence-electron chi connectivity index (χ2n) is 26.7.